The molecule has 0 spiro atoms. The van der Waals surface area contributed by atoms with Crippen molar-refractivity contribution in [3.05, 3.63) is 29.3 Å². The van der Waals surface area contributed by atoms with Crippen molar-refractivity contribution in [2.75, 3.05) is 5.75 Å². The van der Waals surface area contributed by atoms with Crippen LogP contribution in [0, 0.1) is 5.92 Å². The van der Waals surface area contributed by atoms with Gasteiger partial charge in [-0.2, -0.15) is 0 Å². The number of amides is 2. The normalized spacial score (nSPS) is 14.6. The lowest BCUT2D eigenvalue weighted by Crippen LogP contribution is -2.45. The van der Waals surface area contributed by atoms with E-state index < -0.39 is 0 Å². The fraction of sp³-hybridized carbons (Fsp3) is 0.474. The molecular weight excluding hydrogens is 398 g/mol. The van der Waals surface area contributed by atoms with Gasteiger partial charge in [-0.25, -0.2) is 0 Å². The number of carbonyl (C=O) groups excluding carboxylic acids is 2. The summed E-state index contributed by atoms with van der Waals surface area (Å²) in [5, 5.41) is 9.76. The Hall–Kier alpha value is -2.06. The van der Waals surface area contributed by atoms with E-state index in [4.69, 9.17) is 11.6 Å². The average molecular weight is 422 g/mol. The van der Waals surface area contributed by atoms with E-state index in [2.05, 4.69) is 21.0 Å². The number of thioether (sulfide) groups is 1. The highest BCUT2D eigenvalue weighted by molar-refractivity contribution is 7.99. The van der Waals surface area contributed by atoms with E-state index in [-0.39, 0.29) is 23.5 Å². The van der Waals surface area contributed by atoms with E-state index in [1.165, 1.54) is 18.2 Å². The first-order valence-corrected chi connectivity index (χ1v) is 10.9. The Morgan fingerprint density at radius 2 is 1.86 bits per heavy atom. The van der Waals surface area contributed by atoms with Crippen LogP contribution >= 0.6 is 23.4 Å². The summed E-state index contributed by atoms with van der Waals surface area (Å²) in [6, 6.07) is 7.39. The van der Waals surface area contributed by atoms with Crippen LogP contribution in [0.3, 0.4) is 0 Å². The molecule has 150 valence electrons. The largest absolute Gasteiger partial charge is 0.302 e. The second-order valence-corrected chi connectivity index (χ2v) is 8.10. The monoisotopic (exact) mass is 421 g/mol. The van der Waals surface area contributed by atoms with Crippen molar-refractivity contribution in [3.8, 4) is 11.4 Å². The molecule has 0 unspecified atom stereocenters. The van der Waals surface area contributed by atoms with Crippen LogP contribution in [0.15, 0.2) is 29.4 Å². The van der Waals surface area contributed by atoms with Gasteiger partial charge in [0.1, 0.15) is 0 Å². The molecule has 0 atom stereocenters. The number of carbonyl (C=O) groups is 2. The number of hydrogen-bond acceptors (Lipinski definition) is 5. The molecule has 1 saturated carbocycles. The molecule has 1 aliphatic carbocycles. The van der Waals surface area contributed by atoms with Crippen LogP contribution in [0.2, 0.25) is 5.02 Å². The zero-order valence-corrected chi connectivity index (χ0v) is 17.4. The number of benzene rings is 1. The predicted octanol–water partition coefficient (Wildman–Crippen LogP) is 3.44. The Bertz CT molecular complexity index is 818. The first kappa shape index (κ1) is 20.7. The number of halogens is 1. The lowest BCUT2D eigenvalue weighted by atomic mass is 9.89. The number of rotatable bonds is 6. The molecule has 3 rings (SSSR count). The second kappa shape index (κ2) is 9.93. The first-order valence-electron chi connectivity index (χ1n) is 9.49. The molecule has 28 heavy (non-hydrogen) atoms. The number of hydrogen-bond donors (Lipinski definition) is 2. The number of nitrogens with zero attached hydrogens (tertiary/aromatic N) is 3. The highest BCUT2D eigenvalue weighted by Crippen LogP contribution is 2.25. The third kappa shape index (κ3) is 5.26. The molecule has 1 aromatic heterocycles. The molecule has 0 radical (unpaired) electrons. The minimum atomic E-state index is -0.271. The van der Waals surface area contributed by atoms with Crippen LogP contribution in [0.4, 0.5) is 0 Å². The summed E-state index contributed by atoms with van der Waals surface area (Å²) in [5.41, 5.74) is 5.96. The summed E-state index contributed by atoms with van der Waals surface area (Å²) in [7, 11) is 0. The Morgan fingerprint density at radius 3 is 2.54 bits per heavy atom. The van der Waals surface area contributed by atoms with Gasteiger partial charge in [0.05, 0.1) is 5.75 Å². The molecule has 1 heterocycles. The van der Waals surface area contributed by atoms with Crippen molar-refractivity contribution in [1.82, 2.24) is 25.6 Å². The van der Waals surface area contributed by atoms with Gasteiger partial charge in [-0.15, -0.1) is 10.2 Å². The molecule has 2 amide bonds. The SMILES string of the molecule is CCn1c(SCC(=O)NNC(=O)C2CCCCC2)nnc1-c1ccc(Cl)cc1. The summed E-state index contributed by atoms with van der Waals surface area (Å²) >= 11 is 7.23. The maximum absolute atomic E-state index is 12.1. The molecule has 2 N–H and O–H groups in total. The van der Waals surface area contributed by atoms with Crippen molar-refractivity contribution in [1.29, 1.82) is 0 Å². The molecule has 0 saturated heterocycles. The maximum Gasteiger partial charge on any atom is 0.248 e. The number of aromatic nitrogens is 3. The third-order valence-electron chi connectivity index (χ3n) is 4.77. The van der Waals surface area contributed by atoms with Gasteiger partial charge in [0.15, 0.2) is 11.0 Å². The Labute approximate surface area is 173 Å². The molecule has 9 heteroatoms. The zero-order chi connectivity index (χ0) is 19.9. The van der Waals surface area contributed by atoms with Crippen molar-refractivity contribution >= 4 is 35.2 Å². The molecular formula is C19H24ClN5O2S. The molecule has 2 aromatic rings. The molecule has 1 aliphatic rings. The van der Waals surface area contributed by atoms with Gasteiger partial charge in [0, 0.05) is 23.0 Å². The highest BCUT2D eigenvalue weighted by Gasteiger charge is 2.21. The van der Waals surface area contributed by atoms with E-state index in [0.29, 0.717) is 16.7 Å². The second-order valence-electron chi connectivity index (χ2n) is 6.72. The highest BCUT2D eigenvalue weighted by atomic mass is 35.5. The van der Waals surface area contributed by atoms with Crippen LogP contribution in [0.25, 0.3) is 11.4 Å². The zero-order valence-electron chi connectivity index (χ0n) is 15.8. The first-order chi connectivity index (χ1) is 13.6. The predicted molar refractivity (Wildman–Crippen MR) is 110 cm³/mol. The Balaban J connectivity index is 1.53. The Kier molecular flexibility index (Phi) is 7.33. The van der Waals surface area contributed by atoms with Gasteiger partial charge in [-0.05, 0) is 44.0 Å². The van der Waals surface area contributed by atoms with Crippen LogP contribution in [-0.2, 0) is 16.1 Å². The fourth-order valence-electron chi connectivity index (χ4n) is 3.26. The van der Waals surface area contributed by atoms with Gasteiger partial charge < -0.3 is 4.57 Å². The van der Waals surface area contributed by atoms with Crippen molar-refractivity contribution in [2.24, 2.45) is 5.92 Å². The lowest BCUT2D eigenvalue weighted by Gasteiger charge is -2.20. The van der Waals surface area contributed by atoms with E-state index in [1.54, 1.807) is 12.1 Å². The van der Waals surface area contributed by atoms with E-state index in [9.17, 15) is 9.59 Å². The summed E-state index contributed by atoms with van der Waals surface area (Å²) < 4.78 is 1.95. The van der Waals surface area contributed by atoms with Crippen LogP contribution in [-0.4, -0.2) is 32.3 Å². The molecule has 0 bridgehead atoms. The van der Waals surface area contributed by atoms with Crippen LogP contribution in [0.1, 0.15) is 39.0 Å². The lowest BCUT2D eigenvalue weighted by molar-refractivity contribution is -0.131. The van der Waals surface area contributed by atoms with Crippen LogP contribution < -0.4 is 10.9 Å². The maximum atomic E-state index is 12.1. The van der Waals surface area contributed by atoms with Gasteiger partial charge >= 0.3 is 0 Å². The molecule has 1 aromatic carbocycles. The smallest absolute Gasteiger partial charge is 0.248 e. The van der Waals surface area contributed by atoms with Crippen LogP contribution in [0.5, 0.6) is 0 Å². The van der Waals surface area contributed by atoms with Gasteiger partial charge in [0.2, 0.25) is 11.8 Å². The minimum Gasteiger partial charge on any atom is -0.302 e. The Morgan fingerprint density at radius 1 is 1.14 bits per heavy atom. The van der Waals surface area contributed by atoms with E-state index >= 15 is 0 Å². The summed E-state index contributed by atoms with van der Waals surface area (Å²) in [6.07, 6.45) is 5.12. The van der Waals surface area contributed by atoms with Gasteiger partial charge in [-0.1, -0.05) is 42.6 Å². The quantitative estimate of drug-likeness (QED) is 0.551. The third-order valence-corrected chi connectivity index (χ3v) is 5.99. The molecule has 1 fully saturated rings. The van der Waals surface area contributed by atoms with Gasteiger partial charge in [-0.3, -0.25) is 20.4 Å². The van der Waals surface area contributed by atoms with E-state index in [0.717, 1.165) is 37.1 Å². The summed E-state index contributed by atoms with van der Waals surface area (Å²) in [4.78, 5) is 24.2. The van der Waals surface area contributed by atoms with E-state index in [1.807, 2.05) is 23.6 Å². The molecule has 7 nitrogen and oxygen atoms in total. The standard InChI is InChI=1S/C19H24ClN5O2S/c1-2-25-17(13-8-10-15(20)11-9-13)22-24-19(25)28-12-16(26)21-23-18(27)14-6-4-3-5-7-14/h8-11,14H,2-7,12H2,1H3,(H,21,26)(H,23,27). The fourth-order valence-corrected chi connectivity index (χ4v) is 4.19. The van der Waals surface area contributed by atoms with Crippen molar-refractivity contribution < 1.29 is 9.59 Å². The van der Waals surface area contributed by atoms with Crippen molar-refractivity contribution in [3.63, 3.8) is 0 Å². The molecule has 0 aliphatic heterocycles. The topological polar surface area (TPSA) is 88.9 Å². The van der Waals surface area contributed by atoms with Crippen molar-refractivity contribution in [2.45, 2.75) is 50.7 Å². The number of nitrogens with one attached hydrogen (secondary N) is 2. The minimum absolute atomic E-state index is 0.00632. The number of hydrazine groups is 1. The summed E-state index contributed by atoms with van der Waals surface area (Å²) in [6.45, 7) is 2.67. The average Bonchev–Trinajstić information content (AvgIpc) is 3.14. The summed E-state index contributed by atoms with van der Waals surface area (Å²) in [5.74, 6) is 0.510. The van der Waals surface area contributed by atoms with Gasteiger partial charge in [0.25, 0.3) is 0 Å².